The number of carbonyl (C=O) groups is 2. The molecule has 0 saturated carbocycles. The molecule has 0 aromatic heterocycles. The van der Waals surface area contributed by atoms with Crippen molar-refractivity contribution >= 4 is 23.5 Å². The van der Waals surface area contributed by atoms with E-state index in [1.165, 1.54) is 50.3 Å². The maximum absolute atomic E-state index is 12.5. The predicted molar refractivity (Wildman–Crippen MR) is 131 cm³/mol. The highest BCUT2D eigenvalue weighted by Crippen LogP contribution is 2.25. The van der Waals surface area contributed by atoms with Crippen molar-refractivity contribution in [1.82, 2.24) is 0 Å². The average molecular weight is 475 g/mol. The molecule has 0 heterocycles. The highest BCUT2D eigenvalue weighted by molar-refractivity contribution is 6.33. The third-order valence-corrected chi connectivity index (χ3v) is 5.74. The van der Waals surface area contributed by atoms with Gasteiger partial charge in [-0.05, 0) is 48.7 Å². The smallest absolute Gasteiger partial charge is 0.343 e. The molecule has 1 atom stereocenters. The number of ether oxygens (including phenoxy) is 3. The summed E-state index contributed by atoms with van der Waals surface area (Å²) in [5.41, 5.74) is 0.640. The molecule has 0 radical (unpaired) electrons. The van der Waals surface area contributed by atoms with Gasteiger partial charge in [0, 0.05) is 6.07 Å². The normalized spacial score (nSPS) is 11.6. The van der Waals surface area contributed by atoms with Gasteiger partial charge >= 0.3 is 11.9 Å². The SMILES string of the molecule is CCCCCCCCOc1ccc(C(=O)Oc2ccc(C(=O)OC[C@@H](C)CC)c(Cl)c2)cc1. The fourth-order valence-corrected chi connectivity index (χ4v) is 3.31. The van der Waals surface area contributed by atoms with Gasteiger partial charge in [-0.2, -0.15) is 0 Å². The van der Waals surface area contributed by atoms with E-state index in [0.717, 1.165) is 18.6 Å². The van der Waals surface area contributed by atoms with Crippen molar-refractivity contribution < 1.29 is 23.8 Å². The number of hydrogen-bond donors (Lipinski definition) is 0. The van der Waals surface area contributed by atoms with Crippen molar-refractivity contribution in [2.45, 2.75) is 65.7 Å². The second-order valence-electron chi connectivity index (χ2n) is 8.28. The van der Waals surface area contributed by atoms with Gasteiger partial charge in [-0.1, -0.05) is 70.9 Å². The molecule has 180 valence electrons. The van der Waals surface area contributed by atoms with Crippen LogP contribution in [0.1, 0.15) is 86.4 Å². The van der Waals surface area contributed by atoms with Crippen molar-refractivity contribution in [1.29, 1.82) is 0 Å². The van der Waals surface area contributed by atoms with Gasteiger partial charge in [-0.25, -0.2) is 9.59 Å². The van der Waals surface area contributed by atoms with E-state index in [9.17, 15) is 9.59 Å². The van der Waals surface area contributed by atoms with Crippen molar-refractivity contribution in [3.05, 3.63) is 58.6 Å². The predicted octanol–water partition coefficient (Wildman–Crippen LogP) is 7.50. The van der Waals surface area contributed by atoms with Crippen LogP contribution in [0.2, 0.25) is 5.02 Å². The summed E-state index contributed by atoms with van der Waals surface area (Å²) in [4.78, 5) is 24.7. The molecule has 33 heavy (non-hydrogen) atoms. The highest BCUT2D eigenvalue weighted by atomic mass is 35.5. The minimum absolute atomic E-state index is 0.174. The van der Waals surface area contributed by atoms with Crippen LogP contribution >= 0.6 is 11.6 Å². The standard InChI is InChI=1S/C27H35ClO5/c1-4-6-7-8-9-10-17-31-22-13-11-21(12-14-22)26(29)33-23-15-16-24(25(28)18-23)27(30)32-19-20(3)5-2/h11-16,18,20H,4-10,17,19H2,1-3H3/t20-/m0/s1. The maximum atomic E-state index is 12.5. The molecule has 0 unspecified atom stereocenters. The van der Waals surface area contributed by atoms with Crippen LogP contribution < -0.4 is 9.47 Å². The molecule has 0 N–H and O–H groups in total. The second kappa shape index (κ2) is 14.6. The van der Waals surface area contributed by atoms with Gasteiger partial charge in [0.15, 0.2) is 0 Å². The lowest BCUT2D eigenvalue weighted by atomic mass is 10.1. The number of rotatable bonds is 14. The molecule has 0 spiro atoms. The van der Waals surface area contributed by atoms with E-state index >= 15 is 0 Å². The zero-order chi connectivity index (χ0) is 24.1. The number of unbranched alkanes of at least 4 members (excludes halogenated alkanes) is 5. The summed E-state index contributed by atoms with van der Waals surface area (Å²) in [7, 11) is 0. The first kappa shape index (κ1) is 26.7. The fraction of sp³-hybridized carbons (Fsp3) is 0.481. The highest BCUT2D eigenvalue weighted by Gasteiger charge is 2.16. The lowest BCUT2D eigenvalue weighted by Gasteiger charge is -2.11. The molecule has 6 heteroatoms. The molecular weight excluding hydrogens is 440 g/mol. The summed E-state index contributed by atoms with van der Waals surface area (Å²) in [6, 6.07) is 11.3. The van der Waals surface area contributed by atoms with E-state index in [1.54, 1.807) is 24.3 Å². The summed E-state index contributed by atoms with van der Waals surface area (Å²) in [6.45, 7) is 7.25. The number of carbonyl (C=O) groups excluding carboxylic acids is 2. The third kappa shape index (κ3) is 9.47. The van der Waals surface area contributed by atoms with Gasteiger partial charge in [0.05, 0.1) is 29.4 Å². The maximum Gasteiger partial charge on any atom is 0.343 e. The van der Waals surface area contributed by atoms with Crippen LogP contribution in [0.25, 0.3) is 0 Å². The Balaban J connectivity index is 1.83. The molecular formula is C27H35ClO5. The van der Waals surface area contributed by atoms with E-state index in [1.807, 2.05) is 13.8 Å². The molecule has 0 amide bonds. The quantitative estimate of drug-likeness (QED) is 0.161. The first-order valence-electron chi connectivity index (χ1n) is 11.9. The molecule has 0 aliphatic rings. The Kier molecular flexibility index (Phi) is 11.8. The average Bonchev–Trinajstić information content (AvgIpc) is 2.82. The Labute approximate surface area is 202 Å². The summed E-state index contributed by atoms with van der Waals surface area (Å²) < 4.78 is 16.4. The van der Waals surface area contributed by atoms with E-state index in [0.29, 0.717) is 18.8 Å². The summed E-state index contributed by atoms with van der Waals surface area (Å²) in [5, 5.41) is 0.174. The first-order valence-corrected chi connectivity index (χ1v) is 12.2. The second-order valence-corrected chi connectivity index (χ2v) is 8.69. The van der Waals surface area contributed by atoms with Gasteiger partial charge in [0.25, 0.3) is 0 Å². The van der Waals surface area contributed by atoms with E-state index in [2.05, 4.69) is 6.92 Å². The number of halogens is 1. The molecule has 0 saturated heterocycles. The Morgan fingerprint density at radius 3 is 2.21 bits per heavy atom. The molecule has 5 nitrogen and oxygen atoms in total. The minimum Gasteiger partial charge on any atom is -0.494 e. The molecule has 0 aliphatic carbocycles. The molecule has 0 bridgehead atoms. The van der Waals surface area contributed by atoms with Gasteiger partial charge < -0.3 is 14.2 Å². The number of hydrogen-bond acceptors (Lipinski definition) is 5. The Morgan fingerprint density at radius 1 is 0.879 bits per heavy atom. The largest absolute Gasteiger partial charge is 0.494 e. The van der Waals surface area contributed by atoms with Crippen LogP contribution in [0.5, 0.6) is 11.5 Å². The number of benzene rings is 2. The Hall–Kier alpha value is -2.53. The molecule has 2 aromatic rings. The van der Waals surface area contributed by atoms with Crippen LogP contribution in [0, 0.1) is 5.92 Å². The minimum atomic E-state index is -0.513. The van der Waals surface area contributed by atoms with Gasteiger partial charge in [-0.15, -0.1) is 0 Å². The van der Waals surface area contributed by atoms with Crippen molar-refractivity contribution in [2.24, 2.45) is 5.92 Å². The lowest BCUT2D eigenvalue weighted by molar-refractivity contribution is 0.0447. The molecule has 0 fully saturated rings. The first-order chi connectivity index (χ1) is 15.9. The zero-order valence-corrected chi connectivity index (χ0v) is 20.7. The Bertz CT molecular complexity index is 879. The van der Waals surface area contributed by atoms with Gasteiger partial charge in [0.1, 0.15) is 11.5 Å². The topological polar surface area (TPSA) is 61.8 Å². The van der Waals surface area contributed by atoms with Crippen LogP contribution in [-0.4, -0.2) is 25.2 Å². The molecule has 2 aromatic carbocycles. The fourth-order valence-electron chi connectivity index (χ4n) is 3.06. The van der Waals surface area contributed by atoms with Crippen molar-refractivity contribution in [2.75, 3.05) is 13.2 Å². The van der Waals surface area contributed by atoms with Crippen LogP contribution in [-0.2, 0) is 4.74 Å². The summed E-state index contributed by atoms with van der Waals surface area (Å²) in [5.74, 6) is 0.255. The van der Waals surface area contributed by atoms with Crippen molar-refractivity contribution in [3.63, 3.8) is 0 Å². The van der Waals surface area contributed by atoms with Gasteiger partial charge in [-0.3, -0.25) is 0 Å². The summed E-state index contributed by atoms with van der Waals surface area (Å²) >= 11 is 6.21. The van der Waals surface area contributed by atoms with Crippen LogP contribution in [0.3, 0.4) is 0 Å². The number of esters is 2. The molecule has 0 aliphatic heterocycles. The third-order valence-electron chi connectivity index (χ3n) is 5.42. The van der Waals surface area contributed by atoms with E-state index in [-0.39, 0.29) is 22.3 Å². The lowest BCUT2D eigenvalue weighted by Crippen LogP contribution is -2.12. The van der Waals surface area contributed by atoms with Crippen molar-refractivity contribution in [3.8, 4) is 11.5 Å². The van der Waals surface area contributed by atoms with E-state index in [4.69, 9.17) is 25.8 Å². The van der Waals surface area contributed by atoms with Gasteiger partial charge in [0.2, 0.25) is 0 Å². The van der Waals surface area contributed by atoms with Crippen LogP contribution in [0.4, 0.5) is 0 Å². The zero-order valence-electron chi connectivity index (χ0n) is 19.9. The Morgan fingerprint density at radius 2 is 1.55 bits per heavy atom. The summed E-state index contributed by atoms with van der Waals surface area (Å²) in [6.07, 6.45) is 8.17. The monoisotopic (exact) mass is 474 g/mol. The molecule has 2 rings (SSSR count). The van der Waals surface area contributed by atoms with E-state index < -0.39 is 11.9 Å². The van der Waals surface area contributed by atoms with Crippen LogP contribution in [0.15, 0.2) is 42.5 Å².